The number of hydrogen-bond donors (Lipinski definition) is 0. The van der Waals surface area contributed by atoms with Gasteiger partial charge in [0.2, 0.25) is 0 Å². The molecule has 10 heteroatoms. The van der Waals surface area contributed by atoms with Crippen molar-refractivity contribution in [1.82, 2.24) is 28.7 Å². The summed E-state index contributed by atoms with van der Waals surface area (Å²) in [5.74, 6) is 1.17. The quantitative estimate of drug-likeness (QED) is 0.544. The maximum Gasteiger partial charge on any atom is 0.348 e. The Kier molecular flexibility index (Phi) is 5.15. The average Bonchev–Trinajstić information content (AvgIpc) is 3.29. The van der Waals surface area contributed by atoms with Gasteiger partial charge in [-0.05, 0) is 35.4 Å². The second-order valence-corrected chi connectivity index (χ2v) is 10.9. The van der Waals surface area contributed by atoms with Gasteiger partial charge >= 0.3 is 11.4 Å². The number of halogens is 1. The predicted octanol–water partition coefficient (Wildman–Crippen LogP) is 2.71. The zero-order valence-electron chi connectivity index (χ0n) is 18.3. The van der Waals surface area contributed by atoms with Gasteiger partial charge in [-0.1, -0.05) is 38.8 Å². The second-order valence-electron chi connectivity index (χ2n) is 9.68. The highest BCUT2D eigenvalue weighted by atomic mass is 32.2. The van der Waals surface area contributed by atoms with Crippen LogP contribution in [0, 0.1) is 17.2 Å². The van der Waals surface area contributed by atoms with E-state index in [1.54, 1.807) is 39.4 Å². The van der Waals surface area contributed by atoms with Gasteiger partial charge in [0.15, 0.2) is 4.99 Å². The lowest BCUT2D eigenvalue weighted by atomic mass is 9.90. The topological polar surface area (TPSA) is 79.6 Å². The fourth-order valence-corrected chi connectivity index (χ4v) is 6.10. The lowest BCUT2D eigenvalue weighted by Crippen LogP contribution is -2.48. The summed E-state index contributed by atoms with van der Waals surface area (Å²) in [6, 6.07) is 6.00. The molecule has 1 aromatic carbocycles. The van der Waals surface area contributed by atoms with Crippen molar-refractivity contribution in [2.75, 3.05) is 5.75 Å². The fraction of sp³-hybridized carbons (Fsp3) is 0.545. The molecule has 1 saturated heterocycles. The highest BCUT2D eigenvalue weighted by molar-refractivity contribution is 8.00. The zero-order chi connectivity index (χ0) is 22.5. The molecule has 1 aliphatic heterocycles. The summed E-state index contributed by atoms with van der Waals surface area (Å²) in [4.78, 5) is 25.8. The molecule has 0 radical (unpaired) electrons. The third-order valence-electron chi connectivity index (χ3n) is 6.31. The Bertz CT molecular complexity index is 1240. The van der Waals surface area contributed by atoms with Gasteiger partial charge in [-0.25, -0.2) is 32.5 Å². The van der Waals surface area contributed by atoms with Crippen LogP contribution in [0.15, 0.2) is 46.5 Å². The molecule has 2 aromatic heterocycles. The molecule has 0 bridgehead atoms. The number of nitrogens with zero attached hydrogens (tertiary/aromatic N) is 6. The first-order valence-corrected chi connectivity index (χ1v) is 11.9. The van der Waals surface area contributed by atoms with Crippen molar-refractivity contribution in [2.24, 2.45) is 11.3 Å². The van der Waals surface area contributed by atoms with Gasteiger partial charge in [0.25, 0.3) is 0 Å². The molecule has 0 amide bonds. The molecule has 32 heavy (non-hydrogen) atoms. The Morgan fingerprint density at radius 2 is 1.66 bits per heavy atom. The van der Waals surface area contributed by atoms with Crippen molar-refractivity contribution in [3.05, 3.63) is 69.3 Å². The molecule has 2 fully saturated rings. The van der Waals surface area contributed by atoms with Gasteiger partial charge in [0.1, 0.15) is 18.5 Å². The monoisotopic (exact) mass is 458 g/mol. The van der Waals surface area contributed by atoms with Crippen LogP contribution in [-0.4, -0.2) is 34.4 Å². The van der Waals surface area contributed by atoms with E-state index < -0.39 is 4.99 Å². The number of aromatic nitrogens is 6. The first kappa shape index (κ1) is 21.2. The molecule has 8 nitrogen and oxygen atoms in total. The summed E-state index contributed by atoms with van der Waals surface area (Å²) in [6.07, 6.45) is 7.08. The van der Waals surface area contributed by atoms with Gasteiger partial charge in [-0.2, -0.15) is 10.2 Å². The van der Waals surface area contributed by atoms with Crippen molar-refractivity contribution in [3.8, 4) is 0 Å². The van der Waals surface area contributed by atoms with Gasteiger partial charge in [0, 0.05) is 18.7 Å². The normalized spacial score (nSPS) is 22.5. The minimum atomic E-state index is -0.920. The first-order valence-electron chi connectivity index (χ1n) is 11.0. The van der Waals surface area contributed by atoms with Gasteiger partial charge in [-0.3, -0.25) is 0 Å². The van der Waals surface area contributed by atoms with Crippen LogP contribution in [0.1, 0.15) is 45.1 Å². The van der Waals surface area contributed by atoms with Gasteiger partial charge < -0.3 is 0 Å². The molecule has 1 unspecified atom stereocenters. The van der Waals surface area contributed by atoms with E-state index in [0.29, 0.717) is 18.9 Å². The number of thioether (sulfide) groups is 1. The third-order valence-corrected chi connectivity index (χ3v) is 8.24. The molecule has 170 valence electrons. The standard InChI is InChI=1S/C22H27FN6O2S/c1-21(2)12-22(32-13-21,26-14-24-28(19(26)30)10-9-16-3-4-16)27-15-25-29(20(27)31)11-17-5-7-18(23)8-6-17/h5-8,14-16H,3-4,9-13H2,1-2H3. The lowest BCUT2D eigenvalue weighted by Gasteiger charge is -2.30. The summed E-state index contributed by atoms with van der Waals surface area (Å²) in [5.41, 5.74) is 0.196. The van der Waals surface area contributed by atoms with Gasteiger partial charge in [-0.15, -0.1) is 11.8 Å². The molecule has 0 N–H and O–H groups in total. The predicted molar refractivity (Wildman–Crippen MR) is 120 cm³/mol. The molecule has 3 heterocycles. The van der Waals surface area contributed by atoms with E-state index in [1.807, 2.05) is 0 Å². The van der Waals surface area contributed by atoms with Crippen LogP contribution in [-0.2, 0) is 18.1 Å². The summed E-state index contributed by atoms with van der Waals surface area (Å²) >= 11 is 1.57. The van der Waals surface area contributed by atoms with Crippen molar-refractivity contribution >= 4 is 11.8 Å². The van der Waals surface area contributed by atoms with Crippen molar-refractivity contribution < 1.29 is 4.39 Å². The summed E-state index contributed by atoms with van der Waals surface area (Å²) in [7, 11) is 0. The maximum atomic E-state index is 13.4. The van der Waals surface area contributed by atoms with Crippen LogP contribution in [0.4, 0.5) is 4.39 Å². The Morgan fingerprint density at radius 3 is 2.25 bits per heavy atom. The number of aryl methyl sites for hydroxylation is 1. The summed E-state index contributed by atoms with van der Waals surface area (Å²) in [5, 5.41) is 8.68. The molecule has 1 saturated carbocycles. The Hall–Kier alpha value is -2.62. The molecule has 0 spiro atoms. The smallest absolute Gasteiger partial charge is 0.247 e. The van der Waals surface area contributed by atoms with Crippen LogP contribution < -0.4 is 11.4 Å². The van der Waals surface area contributed by atoms with E-state index >= 15 is 0 Å². The fourth-order valence-electron chi connectivity index (χ4n) is 4.35. The Balaban J connectivity index is 1.52. The van der Waals surface area contributed by atoms with Crippen LogP contribution in [0.2, 0.25) is 0 Å². The highest BCUT2D eigenvalue weighted by Crippen LogP contribution is 2.51. The van der Waals surface area contributed by atoms with E-state index in [1.165, 1.54) is 40.7 Å². The van der Waals surface area contributed by atoms with Crippen LogP contribution in [0.3, 0.4) is 0 Å². The molecule has 5 rings (SSSR count). The molecular formula is C22H27FN6O2S. The van der Waals surface area contributed by atoms with E-state index in [-0.39, 0.29) is 29.2 Å². The molecule has 2 aliphatic rings. The molecular weight excluding hydrogens is 431 g/mol. The average molecular weight is 459 g/mol. The summed E-state index contributed by atoms with van der Waals surface area (Å²) < 4.78 is 19.3. The first-order chi connectivity index (χ1) is 15.3. The van der Waals surface area contributed by atoms with Gasteiger partial charge in [0.05, 0.1) is 6.54 Å². The van der Waals surface area contributed by atoms with E-state index in [9.17, 15) is 14.0 Å². The molecule has 1 aliphatic carbocycles. The lowest BCUT2D eigenvalue weighted by molar-refractivity contribution is 0.251. The highest BCUT2D eigenvalue weighted by Gasteiger charge is 2.49. The largest absolute Gasteiger partial charge is 0.348 e. The SMILES string of the molecule is CC1(C)CSC(n2cnn(CCC3CC3)c2=O)(n2cnn(Cc3ccc(F)cc3)c2=O)C1. The third kappa shape index (κ3) is 3.85. The zero-order valence-corrected chi connectivity index (χ0v) is 19.1. The number of hydrogen-bond acceptors (Lipinski definition) is 5. The Morgan fingerprint density at radius 1 is 1.03 bits per heavy atom. The van der Waals surface area contributed by atoms with E-state index in [2.05, 4.69) is 24.0 Å². The number of rotatable bonds is 7. The van der Waals surface area contributed by atoms with E-state index in [4.69, 9.17) is 0 Å². The summed E-state index contributed by atoms with van der Waals surface area (Å²) in [6.45, 7) is 5.10. The van der Waals surface area contributed by atoms with E-state index in [0.717, 1.165) is 17.7 Å². The maximum absolute atomic E-state index is 13.4. The van der Waals surface area contributed by atoms with Crippen LogP contribution in [0.5, 0.6) is 0 Å². The Labute approximate surface area is 189 Å². The minimum absolute atomic E-state index is 0.0707. The van der Waals surface area contributed by atoms with Crippen LogP contribution >= 0.6 is 11.8 Å². The van der Waals surface area contributed by atoms with Crippen LogP contribution in [0.25, 0.3) is 0 Å². The molecule has 1 atom stereocenters. The van der Waals surface area contributed by atoms with Crippen molar-refractivity contribution in [1.29, 1.82) is 0 Å². The number of benzene rings is 1. The second kappa shape index (κ2) is 7.75. The van der Waals surface area contributed by atoms with Crippen molar-refractivity contribution in [3.63, 3.8) is 0 Å². The molecule has 3 aromatic rings. The minimum Gasteiger partial charge on any atom is -0.247 e. The van der Waals surface area contributed by atoms with Crippen molar-refractivity contribution in [2.45, 2.75) is 57.6 Å².